The van der Waals surface area contributed by atoms with E-state index < -0.39 is 0 Å². The van der Waals surface area contributed by atoms with Crippen LogP contribution in [0.4, 0.5) is 5.69 Å². The molecular formula is C16H23BrN2O2. The van der Waals surface area contributed by atoms with Gasteiger partial charge in [-0.3, -0.25) is 4.79 Å². The Hall–Kier alpha value is -1.07. The summed E-state index contributed by atoms with van der Waals surface area (Å²) in [4.78, 5) is 12.3. The van der Waals surface area contributed by atoms with E-state index in [0.717, 1.165) is 23.0 Å². The minimum Gasteiger partial charge on any atom is -0.495 e. The van der Waals surface area contributed by atoms with Crippen molar-refractivity contribution in [3.05, 3.63) is 22.7 Å². The van der Waals surface area contributed by atoms with Gasteiger partial charge in [-0.2, -0.15) is 0 Å². The van der Waals surface area contributed by atoms with E-state index >= 15 is 0 Å². The smallest absolute Gasteiger partial charge is 0.226 e. The van der Waals surface area contributed by atoms with Crippen molar-refractivity contribution in [1.82, 2.24) is 5.32 Å². The first-order valence-corrected chi connectivity index (χ1v) is 8.20. The number of amides is 1. The minimum absolute atomic E-state index is 0.0399. The number of rotatable bonds is 5. The maximum absolute atomic E-state index is 12.3. The van der Waals surface area contributed by atoms with E-state index in [1.54, 1.807) is 7.11 Å². The topological polar surface area (TPSA) is 50.4 Å². The van der Waals surface area contributed by atoms with Crippen LogP contribution < -0.4 is 15.4 Å². The number of ether oxygens (including phenoxy) is 1. The van der Waals surface area contributed by atoms with Crippen molar-refractivity contribution in [2.24, 2.45) is 0 Å². The lowest BCUT2D eigenvalue weighted by atomic mass is 9.79. The molecule has 116 valence electrons. The number of carbonyl (C=O) groups is 1. The van der Waals surface area contributed by atoms with Crippen LogP contribution in [0.15, 0.2) is 22.7 Å². The van der Waals surface area contributed by atoms with E-state index in [9.17, 15) is 4.79 Å². The number of halogens is 1. The highest BCUT2D eigenvalue weighted by atomic mass is 79.9. The zero-order valence-corrected chi connectivity index (χ0v) is 14.3. The summed E-state index contributed by atoms with van der Waals surface area (Å²) in [5, 5.41) is 6.34. The Kier molecular flexibility index (Phi) is 5.65. The van der Waals surface area contributed by atoms with E-state index in [1.807, 2.05) is 25.2 Å². The highest BCUT2D eigenvalue weighted by molar-refractivity contribution is 9.10. The van der Waals surface area contributed by atoms with E-state index in [-0.39, 0.29) is 11.4 Å². The van der Waals surface area contributed by atoms with Crippen molar-refractivity contribution in [3.63, 3.8) is 0 Å². The second-order valence-corrected chi connectivity index (χ2v) is 6.52. The number of hydrogen-bond acceptors (Lipinski definition) is 3. The molecule has 21 heavy (non-hydrogen) atoms. The van der Waals surface area contributed by atoms with Gasteiger partial charge in [-0.1, -0.05) is 19.3 Å². The number of benzene rings is 1. The van der Waals surface area contributed by atoms with E-state index in [0.29, 0.717) is 12.2 Å². The van der Waals surface area contributed by atoms with Crippen molar-refractivity contribution >= 4 is 27.5 Å². The lowest BCUT2D eigenvalue weighted by Crippen LogP contribution is -2.47. The highest BCUT2D eigenvalue weighted by Gasteiger charge is 2.32. The summed E-state index contributed by atoms with van der Waals surface area (Å²) in [6, 6.07) is 5.58. The molecule has 0 aliphatic heterocycles. The minimum atomic E-state index is -0.0399. The van der Waals surface area contributed by atoms with Crippen LogP contribution in [-0.2, 0) is 4.79 Å². The van der Waals surface area contributed by atoms with Gasteiger partial charge in [-0.05, 0) is 48.0 Å². The molecule has 1 aliphatic carbocycles. The Morgan fingerprint density at radius 1 is 1.33 bits per heavy atom. The van der Waals surface area contributed by atoms with Gasteiger partial charge in [0.1, 0.15) is 5.75 Å². The predicted octanol–water partition coefficient (Wildman–Crippen LogP) is 3.71. The normalized spacial score (nSPS) is 17.3. The second kappa shape index (κ2) is 7.27. The summed E-state index contributed by atoms with van der Waals surface area (Å²) in [6.07, 6.45) is 6.32. The summed E-state index contributed by atoms with van der Waals surface area (Å²) >= 11 is 3.41. The molecule has 4 nitrogen and oxygen atoms in total. The van der Waals surface area contributed by atoms with Gasteiger partial charge in [-0.25, -0.2) is 0 Å². The van der Waals surface area contributed by atoms with Gasteiger partial charge in [0.05, 0.1) is 11.6 Å². The third kappa shape index (κ3) is 4.20. The van der Waals surface area contributed by atoms with Crippen molar-refractivity contribution in [2.75, 3.05) is 19.5 Å². The average molecular weight is 355 g/mol. The van der Waals surface area contributed by atoms with Crippen molar-refractivity contribution in [3.8, 4) is 5.75 Å². The molecule has 0 atom stereocenters. The number of nitrogens with one attached hydrogen (secondary N) is 2. The molecular weight excluding hydrogens is 332 g/mol. The maximum atomic E-state index is 12.3. The van der Waals surface area contributed by atoms with Crippen LogP contribution in [0.2, 0.25) is 0 Å². The van der Waals surface area contributed by atoms with Crippen LogP contribution in [0.25, 0.3) is 0 Å². The summed E-state index contributed by atoms with van der Waals surface area (Å²) in [6.45, 7) is 0. The van der Waals surface area contributed by atoms with Crippen molar-refractivity contribution in [2.45, 2.75) is 44.1 Å². The number of methoxy groups -OCH3 is 1. The van der Waals surface area contributed by atoms with Crippen LogP contribution in [0.3, 0.4) is 0 Å². The average Bonchev–Trinajstić information content (AvgIpc) is 2.50. The van der Waals surface area contributed by atoms with Crippen molar-refractivity contribution in [1.29, 1.82) is 0 Å². The molecule has 0 spiro atoms. The third-order valence-corrected chi connectivity index (χ3v) is 4.93. The third-order valence-electron chi connectivity index (χ3n) is 4.27. The lowest BCUT2D eigenvalue weighted by Gasteiger charge is -2.36. The van der Waals surface area contributed by atoms with Crippen LogP contribution in [0.5, 0.6) is 5.75 Å². The van der Waals surface area contributed by atoms with Crippen LogP contribution >= 0.6 is 15.9 Å². The Balaban J connectivity index is 2.00. The molecule has 0 radical (unpaired) electrons. The molecule has 1 fully saturated rings. The fourth-order valence-electron chi connectivity index (χ4n) is 2.99. The Labute approximate surface area is 134 Å². The largest absolute Gasteiger partial charge is 0.495 e. The molecule has 1 aromatic carbocycles. The first-order chi connectivity index (χ1) is 10.1. The molecule has 2 N–H and O–H groups in total. The van der Waals surface area contributed by atoms with Crippen LogP contribution in [-0.4, -0.2) is 25.6 Å². The highest BCUT2D eigenvalue weighted by Crippen LogP contribution is 2.32. The van der Waals surface area contributed by atoms with Gasteiger partial charge >= 0.3 is 0 Å². The molecule has 1 aromatic rings. The molecule has 0 unspecified atom stereocenters. The fraction of sp³-hybridized carbons (Fsp3) is 0.562. The standard InChI is InChI=1S/C16H23BrN2O2/c1-18-16(8-4-3-5-9-16)11-15(20)19-12-6-7-13(17)14(10-12)21-2/h6-7,10,18H,3-5,8-9,11H2,1-2H3,(H,19,20). The summed E-state index contributed by atoms with van der Waals surface area (Å²) in [5.74, 6) is 0.768. The van der Waals surface area contributed by atoms with Gasteiger partial charge in [0.25, 0.3) is 0 Å². The maximum Gasteiger partial charge on any atom is 0.226 e. The Morgan fingerprint density at radius 3 is 2.67 bits per heavy atom. The molecule has 2 rings (SSSR count). The van der Waals surface area contributed by atoms with Crippen molar-refractivity contribution < 1.29 is 9.53 Å². The van der Waals surface area contributed by atoms with Crippen LogP contribution in [0, 0.1) is 0 Å². The molecule has 0 aromatic heterocycles. The van der Waals surface area contributed by atoms with E-state index in [2.05, 4.69) is 26.6 Å². The van der Waals surface area contributed by atoms with Gasteiger partial charge in [0, 0.05) is 23.7 Å². The molecule has 0 bridgehead atoms. The Bertz CT molecular complexity index is 499. The predicted molar refractivity (Wildman–Crippen MR) is 88.8 cm³/mol. The lowest BCUT2D eigenvalue weighted by molar-refractivity contribution is -0.117. The quantitative estimate of drug-likeness (QED) is 0.847. The summed E-state index contributed by atoms with van der Waals surface area (Å²) in [7, 11) is 3.57. The fourth-order valence-corrected chi connectivity index (χ4v) is 3.40. The number of carbonyl (C=O) groups excluding carboxylic acids is 1. The molecule has 1 saturated carbocycles. The van der Waals surface area contributed by atoms with Gasteiger partial charge in [0.15, 0.2) is 0 Å². The molecule has 0 heterocycles. The second-order valence-electron chi connectivity index (χ2n) is 5.67. The summed E-state index contributed by atoms with van der Waals surface area (Å²) in [5.41, 5.74) is 0.726. The summed E-state index contributed by atoms with van der Waals surface area (Å²) < 4.78 is 6.12. The zero-order chi connectivity index (χ0) is 15.3. The molecule has 0 saturated heterocycles. The number of anilines is 1. The zero-order valence-electron chi connectivity index (χ0n) is 12.7. The van der Waals surface area contributed by atoms with E-state index in [1.165, 1.54) is 19.3 Å². The van der Waals surface area contributed by atoms with Gasteiger partial charge in [0.2, 0.25) is 5.91 Å². The first kappa shape index (κ1) is 16.3. The monoisotopic (exact) mass is 354 g/mol. The first-order valence-electron chi connectivity index (χ1n) is 7.41. The van der Waals surface area contributed by atoms with Crippen LogP contribution in [0.1, 0.15) is 38.5 Å². The number of hydrogen-bond donors (Lipinski definition) is 2. The SMILES string of the molecule is CNC1(CC(=O)Nc2ccc(Br)c(OC)c2)CCCCC1. The molecule has 1 amide bonds. The molecule has 5 heteroatoms. The van der Waals surface area contributed by atoms with E-state index in [4.69, 9.17) is 4.74 Å². The van der Waals surface area contributed by atoms with Gasteiger partial charge < -0.3 is 15.4 Å². The van der Waals surface area contributed by atoms with Gasteiger partial charge in [-0.15, -0.1) is 0 Å². The molecule has 1 aliphatic rings. The Morgan fingerprint density at radius 2 is 2.05 bits per heavy atom.